The zero-order valence-electron chi connectivity index (χ0n) is 42.0. The van der Waals surface area contributed by atoms with Crippen molar-refractivity contribution in [2.45, 2.75) is 121 Å². The van der Waals surface area contributed by atoms with E-state index in [4.69, 9.17) is 71.4 Å². The number of ether oxygens (including phenoxy) is 14. The summed E-state index contributed by atoms with van der Waals surface area (Å²) in [6.07, 6.45) is -18.5. The molecule has 2 saturated heterocycles. The summed E-state index contributed by atoms with van der Waals surface area (Å²) in [5.41, 5.74) is -1.38. The standard InChI is InChI=1S/C50H49NO26/c1-20(52)66-37-39(68-22(3)54)43(70-24(5)56)48(75-41(37)46(62)64-7)72-27-10-13-31-33(18-27)74-34-19-28(73-49-44(71-25(6)57)40(69-23(4)55)38(67-21(2)53)42(76-49)47(63)65-8)11-14-32(34)50(31)30-12-9-26(17-29(30)45(61)77-50)51-35(58)15-16-36(59)60/h9-14,17-19,37-44,48-49H,15-16H2,1-8H3,(H,51,58)(H,59,60). The molecular formula is C50H49NO26. The number of nitrogens with one attached hydrogen (secondary N) is 1. The van der Waals surface area contributed by atoms with E-state index in [1.54, 1.807) is 0 Å². The Bertz CT molecular complexity index is 2770. The van der Waals surface area contributed by atoms with Crippen LogP contribution in [0.5, 0.6) is 23.0 Å². The zero-order chi connectivity index (χ0) is 56.2. The molecule has 1 amide bonds. The number of anilines is 1. The molecule has 4 aliphatic rings. The smallest absolute Gasteiger partial charge is 0.340 e. The van der Waals surface area contributed by atoms with Gasteiger partial charge in [-0.05, 0) is 36.4 Å². The van der Waals surface area contributed by atoms with Gasteiger partial charge in [-0.25, -0.2) is 14.4 Å². The van der Waals surface area contributed by atoms with Crippen molar-refractivity contribution in [2.24, 2.45) is 0 Å². The lowest BCUT2D eigenvalue weighted by molar-refractivity contribution is -0.282. The Balaban J connectivity index is 1.34. The van der Waals surface area contributed by atoms with Gasteiger partial charge >= 0.3 is 59.7 Å². The highest BCUT2D eigenvalue weighted by Gasteiger charge is 2.59. The number of methoxy groups -OCH3 is 2. The first-order valence-corrected chi connectivity index (χ1v) is 23.1. The molecule has 0 bridgehead atoms. The molecule has 27 heteroatoms. The summed E-state index contributed by atoms with van der Waals surface area (Å²) < 4.78 is 79.6. The molecular weight excluding hydrogens is 1030 g/mol. The maximum Gasteiger partial charge on any atom is 0.340 e. The van der Waals surface area contributed by atoms with Crippen LogP contribution in [-0.4, -0.2) is 146 Å². The third kappa shape index (κ3) is 12.0. The molecule has 10 atom stereocenters. The highest BCUT2D eigenvalue weighted by molar-refractivity contribution is 6.00. The lowest BCUT2D eigenvalue weighted by atomic mass is 9.77. The topological polar surface area (TPSA) is 349 Å². The Kier molecular flexibility index (Phi) is 16.7. The average Bonchev–Trinajstić information content (AvgIpc) is 3.81. The summed E-state index contributed by atoms with van der Waals surface area (Å²) in [6.45, 7) is 6.05. The van der Waals surface area contributed by atoms with Crippen LogP contribution in [0.4, 0.5) is 5.69 Å². The Morgan fingerprint density at radius 3 is 1.34 bits per heavy atom. The summed E-state index contributed by atoms with van der Waals surface area (Å²) in [4.78, 5) is 139. The van der Waals surface area contributed by atoms with E-state index in [1.165, 1.54) is 54.6 Å². The highest BCUT2D eigenvalue weighted by Crippen LogP contribution is 2.57. The fraction of sp³-hybridized carbons (Fsp3) is 0.420. The number of carboxylic acids is 1. The van der Waals surface area contributed by atoms with Crippen molar-refractivity contribution in [3.63, 3.8) is 0 Å². The molecule has 2 N–H and O–H groups in total. The molecule has 27 nitrogen and oxygen atoms in total. The number of aliphatic carboxylic acids is 1. The van der Waals surface area contributed by atoms with Gasteiger partial charge in [-0.3, -0.25) is 38.4 Å². The molecule has 0 radical (unpaired) electrons. The number of hydrogen-bond donors (Lipinski definition) is 2. The molecule has 3 aromatic carbocycles. The first-order valence-electron chi connectivity index (χ1n) is 23.1. The van der Waals surface area contributed by atoms with Gasteiger partial charge in [0, 0.05) is 82.5 Å². The quantitative estimate of drug-likeness (QED) is 0.153. The molecule has 0 aliphatic carbocycles. The van der Waals surface area contributed by atoms with Crippen molar-refractivity contribution < 1.29 is 124 Å². The van der Waals surface area contributed by atoms with Crippen molar-refractivity contribution >= 4 is 71.3 Å². The van der Waals surface area contributed by atoms with E-state index in [2.05, 4.69) is 5.32 Å². The summed E-state index contributed by atoms with van der Waals surface area (Å²) in [5, 5.41) is 11.7. The highest BCUT2D eigenvalue weighted by atomic mass is 16.8. The summed E-state index contributed by atoms with van der Waals surface area (Å²) in [5.74, 6) is -11.2. The van der Waals surface area contributed by atoms with Crippen LogP contribution >= 0.6 is 0 Å². The molecule has 7 rings (SSSR count). The number of fused-ring (bicyclic) bond motifs is 6. The predicted octanol–water partition coefficient (Wildman–Crippen LogP) is 2.20. The Morgan fingerprint density at radius 2 is 0.935 bits per heavy atom. The van der Waals surface area contributed by atoms with Crippen LogP contribution in [0, 0.1) is 0 Å². The van der Waals surface area contributed by atoms with Crippen LogP contribution in [-0.2, 0) is 106 Å². The van der Waals surface area contributed by atoms with Gasteiger partial charge in [-0.2, -0.15) is 0 Å². The lowest BCUT2D eigenvalue weighted by Crippen LogP contribution is -2.64. The van der Waals surface area contributed by atoms with Gasteiger partial charge in [0.05, 0.1) is 26.2 Å². The summed E-state index contributed by atoms with van der Waals surface area (Å²) in [6, 6.07) is 12.3. The van der Waals surface area contributed by atoms with Crippen LogP contribution in [0.2, 0.25) is 0 Å². The molecule has 3 aromatic rings. The minimum absolute atomic E-state index is 0.0551. The number of carbonyl (C=O) groups is 11. The van der Waals surface area contributed by atoms with Crippen LogP contribution in [0.1, 0.15) is 81.4 Å². The number of benzene rings is 3. The molecule has 4 aliphatic heterocycles. The maximum absolute atomic E-state index is 14.1. The van der Waals surface area contributed by atoms with E-state index in [-0.39, 0.29) is 57.4 Å². The van der Waals surface area contributed by atoms with Crippen molar-refractivity contribution in [3.05, 3.63) is 76.9 Å². The van der Waals surface area contributed by atoms with Crippen LogP contribution < -0.4 is 19.5 Å². The molecule has 4 heterocycles. The van der Waals surface area contributed by atoms with E-state index in [9.17, 15) is 52.7 Å². The van der Waals surface area contributed by atoms with Crippen molar-refractivity contribution in [3.8, 4) is 23.0 Å². The lowest BCUT2D eigenvalue weighted by Gasteiger charge is -2.43. The van der Waals surface area contributed by atoms with E-state index in [1.807, 2.05) is 0 Å². The largest absolute Gasteiger partial charge is 0.481 e. The summed E-state index contributed by atoms with van der Waals surface area (Å²) >= 11 is 0. The molecule has 10 unspecified atom stereocenters. The van der Waals surface area contributed by atoms with E-state index in [0.29, 0.717) is 0 Å². The second-order valence-corrected chi connectivity index (χ2v) is 17.3. The number of carboxylic acid groups (broad SMARTS) is 1. The number of amides is 1. The van der Waals surface area contributed by atoms with Gasteiger partial charge in [0.1, 0.15) is 23.0 Å². The maximum atomic E-state index is 14.1. The van der Waals surface area contributed by atoms with Gasteiger partial charge in [-0.15, -0.1) is 0 Å². The van der Waals surface area contributed by atoms with Crippen molar-refractivity contribution in [2.75, 3.05) is 19.5 Å². The minimum Gasteiger partial charge on any atom is -0.481 e. The molecule has 77 heavy (non-hydrogen) atoms. The summed E-state index contributed by atoms with van der Waals surface area (Å²) in [7, 11) is 2.01. The van der Waals surface area contributed by atoms with Gasteiger partial charge in [0.25, 0.3) is 0 Å². The van der Waals surface area contributed by atoms with Gasteiger partial charge < -0.3 is 76.7 Å². The van der Waals surface area contributed by atoms with Crippen LogP contribution in [0.25, 0.3) is 0 Å². The molecule has 2 fully saturated rings. The second-order valence-electron chi connectivity index (χ2n) is 17.3. The van der Waals surface area contributed by atoms with Gasteiger partial charge in [-0.1, -0.05) is 6.07 Å². The van der Waals surface area contributed by atoms with Crippen LogP contribution in [0.3, 0.4) is 0 Å². The minimum atomic E-state index is -1.91. The fourth-order valence-electron chi connectivity index (χ4n) is 8.97. The number of rotatable bonds is 16. The normalized spacial score (nSPS) is 25.5. The number of carbonyl (C=O) groups excluding carboxylic acids is 10. The predicted molar refractivity (Wildman–Crippen MR) is 246 cm³/mol. The van der Waals surface area contributed by atoms with Crippen molar-refractivity contribution in [1.82, 2.24) is 0 Å². The third-order valence-electron chi connectivity index (χ3n) is 11.8. The molecule has 1 spiro atoms. The van der Waals surface area contributed by atoms with Gasteiger partial charge in [0.15, 0.2) is 42.2 Å². The number of hydrogen-bond acceptors (Lipinski definition) is 25. The molecule has 0 aromatic heterocycles. The Hall–Kier alpha value is -8.85. The van der Waals surface area contributed by atoms with Gasteiger partial charge in [0.2, 0.25) is 30.7 Å². The van der Waals surface area contributed by atoms with Crippen LogP contribution in [0.15, 0.2) is 54.6 Å². The fourth-order valence-corrected chi connectivity index (χ4v) is 8.97. The first kappa shape index (κ1) is 55.9. The third-order valence-corrected chi connectivity index (χ3v) is 11.8. The van der Waals surface area contributed by atoms with E-state index >= 15 is 0 Å². The van der Waals surface area contributed by atoms with E-state index < -0.39 is 139 Å². The second kappa shape index (κ2) is 23.0. The molecule has 0 saturated carbocycles. The Morgan fingerprint density at radius 1 is 0.532 bits per heavy atom. The Labute approximate surface area is 435 Å². The monoisotopic (exact) mass is 1080 g/mol. The average molecular weight is 1080 g/mol. The van der Waals surface area contributed by atoms with Crippen molar-refractivity contribution in [1.29, 1.82) is 0 Å². The molecule has 410 valence electrons. The van der Waals surface area contributed by atoms with E-state index in [0.717, 1.165) is 55.8 Å². The zero-order valence-corrected chi connectivity index (χ0v) is 42.0. The number of esters is 9. The first-order chi connectivity index (χ1) is 36.4. The SMILES string of the molecule is COC(=O)C1OC(Oc2ccc3c(c2)Oc2cc(OC4OC(C(=O)OC)C(OC(C)=O)C(OC(C)=O)C4OC(C)=O)ccc2C32OC(=O)c3cc(NC(=O)CCC(=O)O)ccc32)C(OC(C)=O)C(OC(C)=O)C1OC(C)=O.